The number of Topliss-reactive ketones (excluding diaryl/α,β-unsaturated/α-hetero) is 1. The molecule has 12 aromatic rings. The van der Waals surface area contributed by atoms with E-state index < -0.39 is 104 Å². The third kappa shape index (κ3) is 33.3. The van der Waals surface area contributed by atoms with Crippen LogP contribution in [-0.2, 0) is 112 Å². The molecule has 0 fully saturated rings. The lowest BCUT2D eigenvalue weighted by atomic mass is 9.99. The molecule has 2 aliphatic carbocycles. The molecule has 3 aliphatic rings. The fourth-order valence-electron chi connectivity index (χ4n) is 13.1. The number of thioether (sulfide) groups is 2. The second kappa shape index (κ2) is 51.8. The van der Waals surface area contributed by atoms with Crippen LogP contribution < -0.4 is 38.2 Å². The molecule has 15 rings (SSSR count). The molecule has 24 nitrogen and oxygen atoms in total. The van der Waals surface area contributed by atoms with Gasteiger partial charge in [0.1, 0.15) is 41.2 Å². The van der Waals surface area contributed by atoms with E-state index in [4.69, 9.17) is 26.4 Å². The summed E-state index contributed by atoms with van der Waals surface area (Å²) in [5, 5.41) is 27.6. The molecular weight excluding hydrogens is 2150 g/mol. The van der Waals surface area contributed by atoms with Gasteiger partial charge in [0, 0.05) is 75.9 Å². The van der Waals surface area contributed by atoms with E-state index in [1.54, 1.807) is 92.8 Å². The van der Waals surface area contributed by atoms with Crippen LogP contribution in [0, 0.1) is 38.5 Å². The number of ether oxygens (including phenoxy) is 1. The molecule has 0 spiro atoms. The van der Waals surface area contributed by atoms with Gasteiger partial charge in [-0.15, -0.1) is 79.4 Å². The minimum absolute atomic E-state index is 0.0140. The lowest BCUT2D eigenvalue weighted by molar-refractivity contribution is -0.287. The zero-order chi connectivity index (χ0) is 109. The standard InChI is InChI=1S/C15H8F5NO2S.C14H19NOS.C13H15N3O2.C13H15N3OS.C12H13F2N3OS2.C10H10F5N3OS2.C7H6F5NS.C7H5F5OS/c16-14(17,15(18,19)20)11-6-5-8(24-11)7-21-12(22)9-3-1-2-4-10(9)13(21)23;1-10(15)8-12(16)6-7-13-9-11-4-2-3-5-14(11)17-13;1-9-14-10(2)16(13(17)15-9)8-11-4-6-12(18-3)7-5-11;1-9-14-8-16(13(17)15-9)7-11-6-10-4-2-3-5-12(10)18-11;1-7-15-10(19-3)16-11(18)17(7)6-8-4-5-9(20-8)12(2,13)14;1-20-7(16)18-8(19)17-4-5-2-3-6(21-5)9(11,12)10(13,14)15;2*8-6(9,7(10,11)12)5-2-1-4(3-13)14-5/h1-6H,7H2;9,15H,2-8H2,1H3;4-7H,8H2,1-3H3;6,8H,2-5,7H2,1H3;4-5H,6H2,1-3H3;2-3H,4H2,1H3,(H3,16,17,18,19);1-2H,3,13H2;1-2,13H,3H2. The van der Waals surface area contributed by atoms with Crippen LogP contribution in [0.5, 0.6) is 5.75 Å². The summed E-state index contributed by atoms with van der Waals surface area (Å²) >= 11 is 8.07. The van der Waals surface area contributed by atoms with Crippen molar-refractivity contribution in [2.45, 2.75) is 218 Å². The Morgan fingerprint density at radius 2 is 0.925 bits per heavy atom. The van der Waals surface area contributed by atoms with Gasteiger partial charge < -0.3 is 26.3 Å². The van der Waals surface area contributed by atoms with Crippen LogP contribution in [0.1, 0.15) is 181 Å². The van der Waals surface area contributed by atoms with Crippen LogP contribution in [0.4, 0.5) is 101 Å². The number of aliphatic hydroxyl groups is 1. The fraction of sp³-hybridized carbons (Fsp3) is 0.396. The fourth-order valence-corrected chi connectivity index (χ4v) is 20.8. The van der Waals surface area contributed by atoms with Crippen molar-refractivity contribution in [3.05, 3.63) is 279 Å². The maximum atomic E-state index is 13.3. The number of rotatable bonds is 24. The van der Waals surface area contributed by atoms with Crippen molar-refractivity contribution in [3.8, 4) is 5.75 Å². The molecule has 10 aromatic heterocycles. The maximum Gasteiger partial charge on any atom is 0.458 e. The molecule has 0 atom stereocenters. The number of fused-ring (bicyclic) bond motifs is 3. The number of amidine groups is 1. The summed E-state index contributed by atoms with van der Waals surface area (Å²) in [6, 6.07) is 27.5. The SMILES string of the molecule is CC(=N)CC(=O)CCc1cc2c(s1)CCCC2.COc1ccc(Cn2c(C)nc(C)nc2=O)cc1.CSC(=N)NC(=O)NCc1ccc(C(F)(F)C(F)(F)F)s1.CSc1nc(C)n(Cc2ccc(C(C)(F)F)s2)c(=O)n1.Cc1ncn(Cc2cc3c(s2)CCCC3)c(=O)n1.NCc1ccc(C(F)(F)C(F)(F)F)s1.O=C1c2ccccc2C(=O)N1Cc1ccc(C(F)(F)C(F)(F)F)s1.OCc1ccc(C(F)(F)C(F)(F)F)s1. The number of thiophene rings is 7. The number of nitrogens with two attached hydrogens (primary N) is 1. The second-order valence-electron chi connectivity index (χ2n) is 31.7. The van der Waals surface area contributed by atoms with Crippen molar-refractivity contribution in [1.29, 1.82) is 10.8 Å². The van der Waals surface area contributed by atoms with Crippen LogP contribution in [0.2, 0.25) is 0 Å². The van der Waals surface area contributed by atoms with Gasteiger partial charge in [-0.05, 0) is 219 Å². The van der Waals surface area contributed by atoms with Gasteiger partial charge in [-0.25, -0.2) is 42.9 Å². The Labute approximate surface area is 854 Å². The van der Waals surface area contributed by atoms with Crippen molar-refractivity contribution in [2.75, 3.05) is 19.6 Å². The summed E-state index contributed by atoms with van der Waals surface area (Å²) in [7, 11) is 1.62. The quantitative estimate of drug-likeness (QED) is 0.0108. The lowest BCUT2D eigenvalue weighted by Gasteiger charge is -2.17. The van der Waals surface area contributed by atoms with E-state index in [0.29, 0.717) is 99.4 Å². The lowest BCUT2D eigenvalue weighted by Crippen LogP contribution is -2.37. The highest BCUT2D eigenvalue weighted by Gasteiger charge is 2.62. The number of benzene rings is 2. The topological polar surface area (TPSA) is 342 Å². The number of aryl methyl sites for hydroxylation is 9. The van der Waals surface area contributed by atoms with Gasteiger partial charge in [0.05, 0.1) is 82.0 Å². The predicted octanol–water partition coefficient (Wildman–Crippen LogP) is 23.1. The number of imide groups is 1. The molecule has 0 bridgehead atoms. The van der Waals surface area contributed by atoms with Crippen LogP contribution >= 0.6 is 103 Å². The highest BCUT2D eigenvalue weighted by Crippen LogP contribution is 2.51. The first kappa shape index (κ1) is 120. The molecule has 0 radical (unpaired) electrons. The van der Waals surface area contributed by atoms with E-state index in [9.17, 15) is 130 Å². The molecule has 0 saturated carbocycles. The highest BCUT2D eigenvalue weighted by atomic mass is 32.2. The number of alkyl halides is 22. The Morgan fingerprint density at radius 3 is 1.36 bits per heavy atom. The number of urea groups is 1. The number of halogens is 22. The smallest absolute Gasteiger partial charge is 0.458 e. The maximum absolute atomic E-state index is 13.3. The van der Waals surface area contributed by atoms with E-state index in [1.807, 2.05) is 46.9 Å². The van der Waals surface area contributed by atoms with Gasteiger partial charge in [0.2, 0.25) is 0 Å². The van der Waals surface area contributed by atoms with Crippen LogP contribution in [-0.4, -0.2) is 132 Å². The predicted molar refractivity (Wildman–Crippen MR) is 515 cm³/mol. The molecule has 11 heterocycles. The van der Waals surface area contributed by atoms with Crippen molar-refractivity contribution in [3.63, 3.8) is 0 Å². The molecular formula is C91H91F22N15O9S9. The number of nitrogens with zero attached hydrogens (tertiary/aromatic N) is 10. The Bertz CT molecular complexity index is 6520. The van der Waals surface area contributed by atoms with Crippen LogP contribution in [0.25, 0.3) is 0 Å². The number of hydrogen-bond acceptors (Lipinski definition) is 27. The van der Waals surface area contributed by atoms with Gasteiger partial charge in [-0.3, -0.25) is 43.7 Å². The average Bonchev–Trinajstić information content (AvgIpc) is 1.63. The normalized spacial score (nSPS) is 13.1. The molecule has 0 unspecified atom stereocenters. The van der Waals surface area contributed by atoms with E-state index in [0.717, 1.165) is 76.9 Å². The second-order valence-corrected chi connectivity index (χ2v) is 41.5. The van der Waals surface area contributed by atoms with Gasteiger partial charge >= 0.3 is 71.5 Å². The van der Waals surface area contributed by atoms with Crippen molar-refractivity contribution in [2.24, 2.45) is 5.73 Å². The van der Waals surface area contributed by atoms with E-state index in [-0.39, 0.29) is 113 Å². The molecule has 146 heavy (non-hydrogen) atoms. The largest absolute Gasteiger partial charge is 0.497 e. The van der Waals surface area contributed by atoms with Crippen molar-refractivity contribution in [1.82, 2.24) is 59.1 Å². The molecule has 792 valence electrons. The molecule has 1 aliphatic heterocycles. The van der Waals surface area contributed by atoms with Gasteiger partial charge in [0.15, 0.2) is 10.3 Å². The molecule has 7 N–H and O–H groups in total. The molecule has 55 heteroatoms. The number of methoxy groups -OCH3 is 1. The summed E-state index contributed by atoms with van der Waals surface area (Å²) in [4.78, 5) is 110. The van der Waals surface area contributed by atoms with E-state index in [1.165, 1.54) is 118 Å². The number of aromatic nitrogens is 9. The molecule has 2 aromatic carbocycles. The summed E-state index contributed by atoms with van der Waals surface area (Å²) in [6.07, 6.45) is -5.75. The summed E-state index contributed by atoms with van der Waals surface area (Å²) < 4.78 is 284. The summed E-state index contributed by atoms with van der Waals surface area (Å²) in [6.45, 7) is 9.62. The number of aliphatic hydroxyl groups excluding tert-OH is 1. The number of carbonyl (C=O) groups excluding carboxylic acids is 4. The molecule has 0 saturated heterocycles. The van der Waals surface area contributed by atoms with Crippen molar-refractivity contribution >= 4 is 137 Å². The zero-order valence-corrected chi connectivity index (χ0v) is 85.5. The molecule has 4 amide bonds. The average molecular weight is 2250 g/mol. The highest BCUT2D eigenvalue weighted by molar-refractivity contribution is 8.13. The summed E-state index contributed by atoms with van der Waals surface area (Å²) in [5.74, 6) is -20.4. The number of hydrogen-bond donors (Lipinski definition) is 6. The first-order chi connectivity index (χ1) is 68.0. The van der Waals surface area contributed by atoms with Crippen molar-refractivity contribution < 1.29 is 126 Å². The zero-order valence-electron chi connectivity index (χ0n) is 78.1. The number of ketones is 1. The Kier molecular flexibility index (Phi) is 42.7. The first-order valence-electron chi connectivity index (χ1n) is 42.8. The number of amides is 4. The Balaban J connectivity index is 0.000000205. The third-order valence-electron chi connectivity index (χ3n) is 20.5. The van der Waals surface area contributed by atoms with Gasteiger partial charge in [-0.1, -0.05) is 47.8 Å². The minimum Gasteiger partial charge on any atom is -0.497 e. The summed E-state index contributed by atoms with van der Waals surface area (Å²) in [5.41, 5.74) is 9.04. The first-order valence-corrected chi connectivity index (χ1v) is 51.0. The van der Waals surface area contributed by atoms with Crippen LogP contribution in [0.3, 0.4) is 0 Å². The Hall–Kier alpha value is -10.9. The third-order valence-corrected chi connectivity index (χ3v) is 29.9. The Morgan fingerprint density at radius 1 is 0.493 bits per heavy atom. The van der Waals surface area contributed by atoms with E-state index >= 15 is 0 Å². The van der Waals surface area contributed by atoms with Gasteiger partial charge in [-0.2, -0.15) is 103 Å². The van der Waals surface area contributed by atoms with E-state index in [2.05, 4.69) is 52.7 Å². The van der Waals surface area contributed by atoms with Gasteiger partial charge in [0.25, 0.3) is 17.7 Å². The minimum atomic E-state index is -5.70. The monoisotopic (exact) mass is 2240 g/mol. The number of nitrogens with one attached hydrogen (secondary N) is 4. The number of carbonyl (C=O) groups is 4. The van der Waals surface area contributed by atoms with Crippen LogP contribution in [0.15, 0.2) is 147 Å².